The van der Waals surface area contributed by atoms with Gasteiger partial charge in [0.15, 0.2) is 25.2 Å². The summed E-state index contributed by atoms with van der Waals surface area (Å²) in [6, 6.07) is 0. The summed E-state index contributed by atoms with van der Waals surface area (Å²) in [6.45, 7) is 8.36. The van der Waals surface area contributed by atoms with Gasteiger partial charge in [-0.25, -0.2) is 0 Å². The molecule has 586 valence electrons. The van der Waals surface area contributed by atoms with Crippen LogP contribution in [0.1, 0.15) is 112 Å². The van der Waals surface area contributed by atoms with Crippen molar-refractivity contribution in [1.82, 2.24) is 41.3 Å². The number of carbonyl (C=O) groups excluding carboxylic acids is 9. The van der Waals surface area contributed by atoms with Crippen molar-refractivity contribution >= 4 is 53.0 Å². The van der Waals surface area contributed by atoms with Crippen LogP contribution in [0.3, 0.4) is 0 Å². The molecule has 24 atom stereocenters. The Hall–Kier alpha value is -5.21. The first kappa shape index (κ1) is 87.4. The van der Waals surface area contributed by atoms with Crippen molar-refractivity contribution in [3.8, 4) is 0 Å². The van der Waals surface area contributed by atoms with Crippen molar-refractivity contribution in [3.05, 3.63) is 0 Å². The molecule has 8 amide bonds. The molecule has 0 bridgehead atoms. The third kappa shape index (κ3) is 25.5. The van der Waals surface area contributed by atoms with E-state index < -0.39 is 164 Å². The van der Waals surface area contributed by atoms with E-state index in [1.807, 2.05) is 6.92 Å². The maximum absolute atomic E-state index is 13.6. The third-order valence-electron chi connectivity index (χ3n) is 19.0. The van der Waals surface area contributed by atoms with Gasteiger partial charge in [-0.15, -0.1) is 0 Å². The SMILES string of the molecule is CCNC(=O)CCCCC(=O)N1CC[C@@H](C(=O)NCCO[C@@H]2O[C@@H](C)[C@@H](O)[C@@H](O)[C@@H]2O)[C@@H](C(=O)NCCO[C@@H]2O[C@@H](C)[C@@H](O)[C@@H](O)[C@@H]2O)C1.CNCC(=O)N(C)C(=O)CCCCC(=O)N1CC[C@@H](C(=O)NCCO[C@@H]2O[C@@H](C)[C@@H](O)[C@@H](O)[C@@H]2O)[C@@H](C(=O)CCCO[C@@H]2O[C@@H](C)[C@@H](O)[C@@H](O)[C@@H]2O)C1. The van der Waals surface area contributed by atoms with Gasteiger partial charge in [-0.1, -0.05) is 0 Å². The van der Waals surface area contributed by atoms with Crippen molar-refractivity contribution in [1.29, 1.82) is 0 Å². The molecule has 6 aliphatic rings. The molecule has 6 fully saturated rings. The van der Waals surface area contributed by atoms with Gasteiger partial charge in [-0.3, -0.25) is 48.1 Å². The van der Waals surface area contributed by atoms with Crippen LogP contribution in [0.5, 0.6) is 0 Å². The van der Waals surface area contributed by atoms with Crippen LogP contribution >= 0.6 is 0 Å². The van der Waals surface area contributed by atoms with Crippen LogP contribution in [0.15, 0.2) is 0 Å². The van der Waals surface area contributed by atoms with E-state index in [9.17, 15) is 104 Å². The van der Waals surface area contributed by atoms with Gasteiger partial charge in [0.05, 0.1) is 75.1 Å². The fourth-order valence-electron chi connectivity index (χ4n) is 12.5. The van der Waals surface area contributed by atoms with Gasteiger partial charge in [0, 0.05) is 97.4 Å². The van der Waals surface area contributed by atoms with Gasteiger partial charge >= 0.3 is 0 Å². The first-order valence-corrected chi connectivity index (χ1v) is 35.2. The highest BCUT2D eigenvalue weighted by Crippen LogP contribution is 2.31. The number of piperidine rings is 2. The van der Waals surface area contributed by atoms with Gasteiger partial charge in [0.2, 0.25) is 47.3 Å². The van der Waals surface area contributed by atoms with Crippen LogP contribution in [0, 0.1) is 23.7 Å². The predicted molar refractivity (Wildman–Crippen MR) is 350 cm³/mol. The third-order valence-corrected chi connectivity index (χ3v) is 19.0. The van der Waals surface area contributed by atoms with Crippen LogP contribution in [0.25, 0.3) is 0 Å². The molecule has 0 saturated carbocycles. The standard InChI is InChI=1S/C34H58N4O15.C31H54N4O14/c1-18-26(43)28(45)30(47)33(52-18)50-14-7-8-22(39)21-17-38(24(41)10-6-5-9-23(40)37(4)25(42)16-35-3)13-11-20(21)32(49)36-12-15-51-34-31(48)29(46)27(44)19(2)53-34;1-4-32-20(36)7-5-6-8-21(37)35-12-9-18(28(44)33-10-13-46-30-26(42)24(40)22(38)16(2)48-30)19(15-35)29(45)34-11-14-47-31-27(43)25(41)23(39)17(3)49-31/h18-21,26-31,33-35,43-48H,5-17H2,1-4H3,(H,36,49);16-19,22-27,30-31,38-43H,4-15H2,1-3H3,(H,32,36)(H,33,44)(H,34,45)/t18-,19-,20+,21-,26+,27+,28+,29+,30-,31-,33+,34+;16-,17-,18+,19-,22+,23+,24+,25+,26-,27-,30+,31+/m00/s1. The van der Waals surface area contributed by atoms with E-state index in [-0.39, 0.29) is 159 Å². The number of nitrogens with zero attached hydrogens (tertiary/aromatic N) is 3. The minimum atomic E-state index is -1.51. The van der Waals surface area contributed by atoms with E-state index in [2.05, 4.69) is 26.6 Å². The largest absolute Gasteiger partial charge is 0.388 e. The molecule has 0 aliphatic carbocycles. The number of imide groups is 1. The van der Waals surface area contributed by atoms with Crippen molar-refractivity contribution in [2.75, 3.05) is 99.4 Å². The predicted octanol–water partition coefficient (Wildman–Crippen LogP) is -7.56. The number of likely N-dealkylation sites (tertiary alicyclic amines) is 2. The first-order valence-electron chi connectivity index (χ1n) is 35.2. The highest BCUT2D eigenvalue weighted by Gasteiger charge is 2.47. The lowest BCUT2D eigenvalue weighted by atomic mass is 9.80. The molecule has 6 aliphatic heterocycles. The molecule has 6 saturated heterocycles. The summed E-state index contributed by atoms with van der Waals surface area (Å²) in [7, 11) is 3.00. The van der Waals surface area contributed by atoms with Gasteiger partial charge in [-0.05, 0) is 86.6 Å². The zero-order valence-corrected chi connectivity index (χ0v) is 59.2. The second kappa shape index (κ2) is 43.4. The molecular formula is C65H112N8O29. The molecular weight excluding hydrogens is 1360 g/mol. The van der Waals surface area contributed by atoms with Crippen LogP contribution in [0.4, 0.5) is 0 Å². The molecule has 6 rings (SSSR count). The molecule has 0 spiro atoms. The van der Waals surface area contributed by atoms with Gasteiger partial charge < -0.3 is 136 Å². The Morgan fingerprint density at radius 2 is 0.755 bits per heavy atom. The van der Waals surface area contributed by atoms with Crippen molar-refractivity contribution in [3.63, 3.8) is 0 Å². The molecule has 0 aromatic heterocycles. The minimum Gasteiger partial charge on any atom is -0.388 e. The second-order valence-electron chi connectivity index (χ2n) is 26.6. The number of nitrogens with one attached hydrogen (secondary N) is 5. The fourth-order valence-corrected chi connectivity index (χ4v) is 12.5. The minimum absolute atomic E-state index is 0.0143. The Labute approximate surface area is 592 Å². The molecule has 102 heavy (non-hydrogen) atoms. The van der Waals surface area contributed by atoms with E-state index in [1.165, 1.54) is 44.5 Å². The molecule has 6 heterocycles. The number of carbonyl (C=O) groups is 9. The van der Waals surface area contributed by atoms with E-state index in [4.69, 9.17) is 37.9 Å². The van der Waals surface area contributed by atoms with Gasteiger partial charge in [0.1, 0.15) is 79.0 Å². The Kier molecular flexibility index (Phi) is 37.2. The Balaban J connectivity index is 0.000000368. The number of hydrogen-bond donors (Lipinski definition) is 17. The maximum Gasteiger partial charge on any atom is 0.242 e. The maximum atomic E-state index is 13.6. The monoisotopic (exact) mass is 1470 g/mol. The number of aliphatic hydroxyl groups excluding tert-OH is 12. The summed E-state index contributed by atoms with van der Waals surface area (Å²) >= 11 is 0. The number of rotatable bonds is 34. The lowest BCUT2D eigenvalue weighted by Crippen LogP contribution is -2.57. The van der Waals surface area contributed by atoms with Crippen LogP contribution in [0.2, 0.25) is 0 Å². The van der Waals surface area contributed by atoms with Crippen molar-refractivity contribution in [2.45, 2.75) is 234 Å². The summed E-state index contributed by atoms with van der Waals surface area (Å²) in [5.41, 5.74) is 0. The Morgan fingerprint density at radius 3 is 1.14 bits per heavy atom. The lowest BCUT2D eigenvalue weighted by Gasteiger charge is -2.39. The van der Waals surface area contributed by atoms with Crippen LogP contribution in [-0.4, -0.2) is 351 Å². The van der Waals surface area contributed by atoms with Crippen LogP contribution in [-0.2, 0) is 81.0 Å². The van der Waals surface area contributed by atoms with Crippen molar-refractivity contribution in [2.24, 2.45) is 23.7 Å². The van der Waals surface area contributed by atoms with E-state index >= 15 is 0 Å². The molecule has 37 nitrogen and oxygen atoms in total. The Bertz CT molecular complexity index is 2660. The summed E-state index contributed by atoms with van der Waals surface area (Å²) < 4.78 is 43.6. The van der Waals surface area contributed by atoms with Gasteiger partial charge in [0.25, 0.3) is 0 Å². The zero-order valence-electron chi connectivity index (χ0n) is 59.2. The highest BCUT2D eigenvalue weighted by molar-refractivity contribution is 5.96. The van der Waals surface area contributed by atoms with E-state index in [1.54, 1.807) is 7.05 Å². The lowest BCUT2D eigenvalue weighted by molar-refractivity contribution is -0.293. The summed E-state index contributed by atoms with van der Waals surface area (Å²) in [6.07, 6.45) is -22.2. The average Bonchev–Trinajstić information content (AvgIpc) is 0.847. The summed E-state index contributed by atoms with van der Waals surface area (Å²) in [5, 5.41) is 134. The zero-order chi connectivity index (χ0) is 75.7. The van der Waals surface area contributed by atoms with E-state index in [0.717, 1.165) is 4.90 Å². The number of hydrogen-bond acceptors (Lipinski definition) is 30. The fraction of sp³-hybridized carbons (Fsp3) is 0.862. The number of amides is 8. The molecule has 17 N–H and O–H groups in total. The smallest absolute Gasteiger partial charge is 0.242 e. The molecule has 0 unspecified atom stereocenters. The summed E-state index contributed by atoms with van der Waals surface area (Å²) in [4.78, 5) is 120. The quantitative estimate of drug-likeness (QED) is 0.0266. The van der Waals surface area contributed by atoms with Gasteiger partial charge in [-0.2, -0.15) is 0 Å². The summed E-state index contributed by atoms with van der Waals surface area (Å²) in [5.74, 6) is -6.34. The molecule has 0 aromatic carbocycles. The number of unbranched alkanes of at least 4 members (excludes halogenated alkanes) is 2. The second-order valence-corrected chi connectivity index (χ2v) is 26.6. The number of likely N-dealkylation sites (N-methyl/N-ethyl adjacent to an activating group) is 2. The van der Waals surface area contributed by atoms with Crippen molar-refractivity contribution < 1.29 is 142 Å². The number of Topliss-reactive ketones (excluding diaryl/α,β-unsaturated/α-hetero) is 1. The molecule has 0 aromatic rings. The van der Waals surface area contributed by atoms with Crippen LogP contribution < -0.4 is 26.6 Å². The molecule has 37 heteroatoms. The number of ketones is 1. The average molecular weight is 1470 g/mol. The molecule has 0 radical (unpaired) electrons. The number of aliphatic hydroxyl groups is 12. The normalized spacial score (nSPS) is 34.1. The van der Waals surface area contributed by atoms with E-state index in [0.29, 0.717) is 38.6 Å². The topological polar surface area (TPSA) is 540 Å². The number of ether oxygens (including phenoxy) is 8. The first-order chi connectivity index (χ1) is 48.3. The highest BCUT2D eigenvalue weighted by atomic mass is 16.7. The Morgan fingerprint density at radius 1 is 0.412 bits per heavy atom.